The van der Waals surface area contributed by atoms with Crippen LogP contribution in [0.25, 0.3) is 11.1 Å². The standard InChI is InChI=1S/C31H35F2N3O6/c1-5-8-24(34-29(39)21-11-7-12-36(31(21)41)13-14-42-4)30(40)35-25(17-26(37)38)22-15-20(16-23(32)28(22)33)27-18(2)9-6-10-19(27)3/h6-7,9-12,15-16,24-25H,5,8,13-14,17H2,1-4H3,(H,34,39)(H,35,40)(H,37,38)/t24-,25-/m0/s1. The maximum absolute atomic E-state index is 15.2. The summed E-state index contributed by atoms with van der Waals surface area (Å²) >= 11 is 0. The van der Waals surface area contributed by atoms with E-state index in [1.807, 2.05) is 32.0 Å². The summed E-state index contributed by atoms with van der Waals surface area (Å²) < 4.78 is 36.3. The van der Waals surface area contributed by atoms with Crippen LogP contribution < -0.4 is 16.2 Å². The largest absolute Gasteiger partial charge is 0.481 e. The van der Waals surface area contributed by atoms with Crippen molar-refractivity contribution in [3.8, 4) is 11.1 Å². The molecule has 0 fully saturated rings. The van der Waals surface area contributed by atoms with E-state index in [1.165, 1.54) is 36.1 Å². The van der Waals surface area contributed by atoms with Gasteiger partial charge in [0.25, 0.3) is 11.5 Å². The van der Waals surface area contributed by atoms with Gasteiger partial charge in [0, 0.05) is 25.4 Å². The van der Waals surface area contributed by atoms with Gasteiger partial charge in [0.1, 0.15) is 11.6 Å². The molecule has 0 aliphatic heterocycles. The molecule has 42 heavy (non-hydrogen) atoms. The number of aliphatic carboxylic acids is 1. The van der Waals surface area contributed by atoms with E-state index in [4.69, 9.17) is 4.74 Å². The second-order valence-electron chi connectivity index (χ2n) is 10.0. The van der Waals surface area contributed by atoms with Crippen LogP contribution in [0.3, 0.4) is 0 Å². The van der Waals surface area contributed by atoms with Crippen molar-refractivity contribution in [1.82, 2.24) is 15.2 Å². The van der Waals surface area contributed by atoms with Crippen molar-refractivity contribution in [1.29, 1.82) is 0 Å². The minimum atomic E-state index is -1.45. The van der Waals surface area contributed by atoms with E-state index in [-0.39, 0.29) is 30.7 Å². The number of pyridine rings is 1. The summed E-state index contributed by atoms with van der Waals surface area (Å²) in [4.78, 5) is 50.9. The smallest absolute Gasteiger partial charge is 0.305 e. The number of hydrogen-bond donors (Lipinski definition) is 3. The summed E-state index contributed by atoms with van der Waals surface area (Å²) in [5.41, 5.74) is 1.49. The van der Waals surface area contributed by atoms with Crippen molar-refractivity contribution >= 4 is 17.8 Å². The summed E-state index contributed by atoms with van der Waals surface area (Å²) in [6.45, 7) is 5.87. The Morgan fingerprint density at radius 1 is 1.05 bits per heavy atom. The first-order chi connectivity index (χ1) is 20.0. The van der Waals surface area contributed by atoms with Crippen LogP contribution in [0, 0.1) is 25.5 Å². The maximum atomic E-state index is 15.2. The Bertz CT molecular complexity index is 1500. The minimum Gasteiger partial charge on any atom is -0.481 e. The number of nitrogens with one attached hydrogen (secondary N) is 2. The van der Waals surface area contributed by atoms with E-state index in [0.29, 0.717) is 17.5 Å². The molecule has 0 radical (unpaired) electrons. The summed E-state index contributed by atoms with van der Waals surface area (Å²) in [5.74, 6) is -5.43. The molecular formula is C31H35F2N3O6. The number of aryl methyl sites for hydroxylation is 2. The Morgan fingerprint density at radius 3 is 2.36 bits per heavy atom. The first-order valence-corrected chi connectivity index (χ1v) is 13.5. The third-order valence-corrected chi connectivity index (χ3v) is 6.90. The molecule has 2 atom stereocenters. The van der Waals surface area contributed by atoms with E-state index < -0.39 is 53.5 Å². The molecule has 1 heterocycles. The molecule has 9 nitrogen and oxygen atoms in total. The molecule has 2 aromatic carbocycles. The maximum Gasteiger partial charge on any atom is 0.305 e. The Labute approximate surface area is 242 Å². The zero-order valence-electron chi connectivity index (χ0n) is 24.0. The highest BCUT2D eigenvalue weighted by Gasteiger charge is 2.29. The summed E-state index contributed by atoms with van der Waals surface area (Å²) in [5, 5.41) is 14.6. The highest BCUT2D eigenvalue weighted by Crippen LogP contribution is 2.33. The third kappa shape index (κ3) is 7.67. The monoisotopic (exact) mass is 583 g/mol. The van der Waals surface area contributed by atoms with Gasteiger partial charge in [-0.3, -0.25) is 19.2 Å². The lowest BCUT2D eigenvalue weighted by Gasteiger charge is -2.24. The van der Waals surface area contributed by atoms with E-state index in [0.717, 1.165) is 17.2 Å². The molecule has 11 heteroatoms. The first-order valence-electron chi connectivity index (χ1n) is 13.5. The molecule has 1 aromatic heterocycles. The number of carbonyl (C=O) groups is 3. The van der Waals surface area contributed by atoms with Crippen LogP contribution in [-0.4, -0.2) is 47.2 Å². The molecule has 0 bridgehead atoms. The SMILES string of the molecule is CCC[C@H](NC(=O)c1cccn(CCOC)c1=O)C(=O)N[C@@H](CC(=O)O)c1cc(-c2c(C)cccc2C)cc(F)c1F. The van der Waals surface area contributed by atoms with Crippen LogP contribution in [0.1, 0.15) is 59.3 Å². The van der Waals surface area contributed by atoms with Gasteiger partial charge in [0.05, 0.1) is 19.1 Å². The van der Waals surface area contributed by atoms with Crippen LogP contribution in [0.15, 0.2) is 53.5 Å². The number of carboxylic acids is 1. The average Bonchev–Trinajstić information content (AvgIpc) is 2.93. The number of ether oxygens (including phenoxy) is 1. The van der Waals surface area contributed by atoms with Crippen LogP contribution in [0.4, 0.5) is 8.78 Å². The molecule has 0 unspecified atom stereocenters. The number of hydrogen-bond acceptors (Lipinski definition) is 5. The van der Waals surface area contributed by atoms with E-state index in [9.17, 15) is 28.7 Å². The predicted molar refractivity (Wildman–Crippen MR) is 153 cm³/mol. The minimum absolute atomic E-state index is 0.140. The van der Waals surface area contributed by atoms with Gasteiger partial charge >= 0.3 is 5.97 Å². The predicted octanol–water partition coefficient (Wildman–Crippen LogP) is 4.29. The summed E-state index contributed by atoms with van der Waals surface area (Å²) in [6.07, 6.45) is 1.35. The molecule has 3 N–H and O–H groups in total. The van der Waals surface area contributed by atoms with Gasteiger partial charge in [0.15, 0.2) is 11.6 Å². The van der Waals surface area contributed by atoms with Crippen molar-refractivity contribution in [2.24, 2.45) is 0 Å². The van der Waals surface area contributed by atoms with Crippen LogP contribution in [-0.2, 0) is 20.9 Å². The van der Waals surface area contributed by atoms with Crippen LogP contribution in [0.5, 0.6) is 0 Å². The molecule has 0 saturated carbocycles. The van der Waals surface area contributed by atoms with Gasteiger partial charge in [0.2, 0.25) is 5.91 Å². The molecule has 0 aliphatic carbocycles. The van der Waals surface area contributed by atoms with Gasteiger partial charge in [-0.25, -0.2) is 8.78 Å². The highest BCUT2D eigenvalue weighted by molar-refractivity contribution is 5.97. The molecule has 3 rings (SSSR count). The lowest BCUT2D eigenvalue weighted by molar-refractivity contribution is -0.137. The molecule has 0 saturated heterocycles. The Kier molecular flexibility index (Phi) is 11.1. The number of benzene rings is 2. The summed E-state index contributed by atoms with van der Waals surface area (Å²) in [6, 6.07) is 8.04. The number of carbonyl (C=O) groups excluding carboxylic acids is 2. The third-order valence-electron chi connectivity index (χ3n) is 6.90. The van der Waals surface area contributed by atoms with E-state index >= 15 is 4.39 Å². The highest BCUT2D eigenvalue weighted by atomic mass is 19.2. The van der Waals surface area contributed by atoms with Gasteiger partial charge in [-0.15, -0.1) is 0 Å². The quantitative estimate of drug-likeness (QED) is 0.276. The molecule has 3 aromatic rings. The van der Waals surface area contributed by atoms with Crippen molar-refractivity contribution < 1.29 is 33.0 Å². The average molecular weight is 584 g/mol. The van der Waals surface area contributed by atoms with Crippen molar-refractivity contribution in [2.45, 2.75) is 58.7 Å². The number of rotatable bonds is 13. The zero-order chi connectivity index (χ0) is 31.0. The molecule has 224 valence electrons. The fourth-order valence-electron chi connectivity index (χ4n) is 4.83. The molecule has 0 spiro atoms. The van der Waals surface area contributed by atoms with Crippen molar-refractivity contribution in [3.63, 3.8) is 0 Å². The number of carboxylic acid groups (broad SMARTS) is 1. The zero-order valence-corrected chi connectivity index (χ0v) is 24.0. The van der Waals surface area contributed by atoms with Gasteiger partial charge < -0.3 is 25.0 Å². The second-order valence-corrected chi connectivity index (χ2v) is 10.0. The number of halogens is 2. The summed E-state index contributed by atoms with van der Waals surface area (Å²) in [7, 11) is 1.48. The van der Waals surface area contributed by atoms with Gasteiger partial charge in [-0.2, -0.15) is 0 Å². The number of nitrogens with zero attached hydrogens (tertiary/aromatic N) is 1. The molecular weight excluding hydrogens is 548 g/mol. The van der Waals surface area contributed by atoms with Gasteiger partial charge in [-0.05, 0) is 66.8 Å². The Hall–Kier alpha value is -4.38. The molecule has 2 amide bonds. The lowest BCUT2D eigenvalue weighted by Crippen LogP contribution is -2.49. The normalized spacial score (nSPS) is 12.4. The number of amides is 2. The fraction of sp³-hybridized carbons (Fsp3) is 0.355. The van der Waals surface area contributed by atoms with Crippen LogP contribution in [0.2, 0.25) is 0 Å². The Morgan fingerprint density at radius 2 is 1.74 bits per heavy atom. The number of methoxy groups -OCH3 is 1. The second kappa shape index (κ2) is 14.5. The lowest BCUT2D eigenvalue weighted by atomic mass is 9.92. The van der Waals surface area contributed by atoms with Gasteiger partial charge in [-0.1, -0.05) is 31.5 Å². The number of aromatic nitrogens is 1. The van der Waals surface area contributed by atoms with Crippen LogP contribution >= 0.6 is 0 Å². The van der Waals surface area contributed by atoms with E-state index in [1.54, 1.807) is 6.92 Å². The first kappa shape index (κ1) is 32.1. The van der Waals surface area contributed by atoms with Crippen molar-refractivity contribution in [3.05, 3.63) is 92.9 Å². The molecule has 0 aliphatic rings. The van der Waals surface area contributed by atoms with E-state index in [2.05, 4.69) is 10.6 Å². The fourth-order valence-corrected chi connectivity index (χ4v) is 4.83. The topological polar surface area (TPSA) is 127 Å². The Balaban J connectivity index is 1.94. The van der Waals surface area contributed by atoms with Crippen molar-refractivity contribution in [2.75, 3.05) is 13.7 Å².